The van der Waals surface area contributed by atoms with Crippen molar-refractivity contribution in [1.82, 2.24) is 9.97 Å². The second-order valence-electron chi connectivity index (χ2n) is 5.03. The molecule has 2 aromatic heterocycles. The Kier molecular flexibility index (Phi) is 3.52. The lowest BCUT2D eigenvalue weighted by Gasteiger charge is -2.05. The molecule has 2 heterocycles. The van der Waals surface area contributed by atoms with Gasteiger partial charge < -0.3 is 9.72 Å². The molecule has 6 heteroatoms. The van der Waals surface area contributed by atoms with E-state index in [0.717, 1.165) is 15.6 Å². The first-order valence-corrected chi connectivity index (χ1v) is 8.19. The van der Waals surface area contributed by atoms with Crippen LogP contribution in [0.1, 0.15) is 5.82 Å². The zero-order valence-electron chi connectivity index (χ0n) is 11.9. The van der Waals surface area contributed by atoms with E-state index in [9.17, 15) is 4.79 Å². The highest BCUT2D eigenvalue weighted by molar-refractivity contribution is 7.25. The Hall–Kier alpha value is -2.37. The summed E-state index contributed by atoms with van der Waals surface area (Å²) in [6, 6.07) is 14.9. The van der Waals surface area contributed by atoms with Crippen LogP contribution in [-0.4, -0.2) is 9.97 Å². The number of benzene rings is 2. The number of rotatable bonds is 3. The number of H-pyrrole nitrogens is 1. The predicted octanol–water partition coefficient (Wildman–Crippen LogP) is 4.37. The van der Waals surface area contributed by atoms with Crippen LogP contribution in [0.25, 0.3) is 20.3 Å². The van der Waals surface area contributed by atoms with Crippen LogP contribution in [0.2, 0.25) is 5.02 Å². The van der Waals surface area contributed by atoms with Gasteiger partial charge in [-0.05, 0) is 30.3 Å². The molecule has 0 saturated heterocycles. The fourth-order valence-electron chi connectivity index (χ4n) is 2.40. The van der Waals surface area contributed by atoms with Gasteiger partial charge in [-0.3, -0.25) is 4.79 Å². The van der Waals surface area contributed by atoms with Crippen molar-refractivity contribution < 1.29 is 4.74 Å². The van der Waals surface area contributed by atoms with Crippen LogP contribution in [0.4, 0.5) is 0 Å². The fraction of sp³-hybridized carbons (Fsp3) is 0.0588. The first kappa shape index (κ1) is 14.2. The molecule has 0 saturated carbocycles. The van der Waals surface area contributed by atoms with Gasteiger partial charge in [-0.1, -0.05) is 29.8 Å². The van der Waals surface area contributed by atoms with E-state index >= 15 is 0 Å². The third kappa shape index (κ3) is 2.69. The van der Waals surface area contributed by atoms with Gasteiger partial charge >= 0.3 is 0 Å². The van der Waals surface area contributed by atoms with Crippen LogP contribution < -0.4 is 10.3 Å². The third-order valence-electron chi connectivity index (χ3n) is 3.47. The van der Waals surface area contributed by atoms with Gasteiger partial charge in [0.05, 0.1) is 5.52 Å². The Morgan fingerprint density at radius 1 is 1.13 bits per heavy atom. The lowest BCUT2D eigenvalue weighted by atomic mass is 10.2. The monoisotopic (exact) mass is 342 g/mol. The second-order valence-corrected chi connectivity index (χ2v) is 6.52. The Bertz CT molecular complexity index is 1050. The summed E-state index contributed by atoms with van der Waals surface area (Å²) < 4.78 is 7.34. The first-order chi connectivity index (χ1) is 11.2. The number of fused-ring (bicyclic) bond motifs is 3. The van der Waals surface area contributed by atoms with Crippen molar-refractivity contribution in [3.05, 3.63) is 69.7 Å². The van der Waals surface area contributed by atoms with Crippen molar-refractivity contribution in [2.24, 2.45) is 0 Å². The summed E-state index contributed by atoms with van der Waals surface area (Å²) in [5, 5.41) is 1.64. The molecule has 0 spiro atoms. The summed E-state index contributed by atoms with van der Waals surface area (Å²) in [5.74, 6) is 1.17. The molecule has 0 aliphatic heterocycles. The number of ether oxygens (including phenoxy) is 1. The van der Waals surface area contributed by atoms with Crippen molar-refractivity contribution in [2.75, 3.05) is 0 Å². The molecule has 0 aliphatic rings. The molecule has 1 N–H and O–H groups in total. The van der Waals surface area contributed by atoms with E-state index in [1.54, 1.807) is 24.3 Å². The Labute approximate surface area is 140 Å². The molecule has 0 atom stereocenters. The van der Waals surface area contributed by atoms with Gasteiger partial charge in [0.15, 0.2) is 0 Å². The first-order valence-electron chi connectivity index (χ1n) is 6.99. The van der Waals surface area contributed by atoms with Crippen molar-refractivity contribution in [3.8, 4) is 5.75 Å². The van der Waals surface area contributed by atoms with E-state index in [1.165, 1.54) is 11.3 Å². The normalized spacial score (nSPS) is 11.2. The van der Waals surface area contributed by atoms with Crippen LogP contribution in [-0.2, 0) is 6.61 Å². The maximum absolute atomic E-state index is 12.3. The molecule has 4 aromatic rings. The van der Waals surface area contributed by atoms with E-state index in [0.29, 0.717) is 21.3 Å². The summed E-state index contributed by atoms with van der Waals surface area (Å²) in [7, 11) is 0. The highest BCUT2D eigenvalue weighted by atomic mass is 35.5. The van der Waals surface area contributed by atoms with E-state index in [1.807, 2.05) is 24.3 Å². The zero-order valence-corrected chi connectivity index (χ0v) is 13.4. The lowest BCUT2D eigenvalue weighted by molar-refractivity contribution is 0.296. The molecule has 0 amide bonds. The van der Waals surface area contributed by atoms with Gasteiger partial charge in [0.1, 0.15) is 22.9 Å². The Morgan fingerprint density at radius 3 is 2.74 bits per heavy atom. The number of nitrogens with one attached hydrogen (secondary N) is 1. The summed E-state index contributed by atoms with van der Waals surface area (Å²) in [6.45, 7) is 0.191. The Balaban J connectivity index is 1.71. The van der Waals surface area contributed by atoms with E-state index in [4.69, 9.17) is 16.3 Å². The van der Waals surface area contributed by atoms with Crippen molar-refractivity contribution >= 4 is 43.2 Å². The van der Waals surface area contributed by atoms with Crippen LogP contribution in [0.3, 0.4) is 0 Å². The number of aromatic nitrogens is 2. The van der Waals surface area contributed by atoms with Crippen molar-refractivity contribution in [1.29, 1.82) is 0 Å². The number of hydrogen-bond acceptors (Lipinski definition) is 4. The van der Waals surface area contributed by atoms with Crippen LogP contribution >= 0.6 is 22.9 Å². The fourth-order valence-corrected chi connectivity index (χ4v) is 3.56. The topological polar surface area (TPSA) is 55.0 Å². The largest absolute Gasteiger partial charge is 0.486 e. The van der Waals surface area contributed by atoms with Crippen molar-refractivity contribution in [2.45, 2.75) is 6.61 Å². The van der Waals surface area contributed by atoms with Crippen LogP contribution in [0.15, 0.2) is 53.3 Å². The van der Waals surface area contributed by atoms with E-state index in [2.05, 4.69) is 9.97 Å². The van der Waals surface area contributed by atoms with Crippen LogP contribution in [0.5, 0.6) is 5.75 Å². The highest BCUT2D eigenvalue weighted by Gasteiger charge is 2.11. The molecule has 23 heavy (non-hydrogen) atoms. The van der Waals surface area contributed by atoms with Gasteiger partial charge in [-0.15, -0.1) is 11.3 Å². The van der Waals surface area contributed by atoms with Gasteiger partial charge in [-0.25, -0.2) is 4.98 Å². The maximum atomic E-state index is 12.3. The maximum Gasteiger partial charge on any atom is 0.269 e. The minimum Gasteiger partial charge on any atom is -0.486 e. The SMILES string of the molecule is O=c1[nH]c(COc2ccc(Cl)cc2)nc2c1sc1ccccc12. The average Bonchev–Trinajstić information content (AvgIpc) is 2.94. The average molecular weight is 343 g/mol. The molecule has 4 nitrogen and oxygen atoms in total. The number of hydrogen-bond donors (Lipinski definition) is 1. The number of nitrogens with zero attached hydrogens (tertiary/aromatic N) is 1. The van der Waals surface area contributed by atoms with E-state index in [-0.39, 0.29) is 12.2 Å². The van der Waals surface area contributed by atoms with Crippen molar-refractivity contribution in [3.63, 3.8) is 0 Å². The molecule has 0 unspecified atom stereocenters. The number of thiophene rings is 1. The van der Waals surface area contributed by atoms with Gasteiger partial charge in [0.2, 0.25) is 0 Å². The van der Waals surface area contributed by atoms with Gasteiger partial charge in [-0.2, -0.15) is 0 Å². The summed E-state index contributed by atoms with van der Waals surface area (Å²) in [4.78, 5) is 19.6. The molecule has 0 bridgehead atoms. The molecule has 2 aromatic carbocycles. The second kappa shape index (κ2) is 5.68. The molecule has 0 radical (unpaired) electrons. The standard InChI is InChI=1S/C17H11ClN2O2S/c18-10-5-7-11(8-6-10)22-9-14-19-15-12-3-1-2-4-13(12)23-16(15)17(21)20-14/h1-8H,9H2,(H,19,20,21). The number of aromatic amines is 1. The summed E-state index contributed by atoms with van der Waals surface area (Å²) in [6.07, 6.45) is 0. The predicted molar refractivity (Wildman–Crippen MR) is 93.5 cm³/mol. The zero-order chi connectivity index (χ0) is 15.8. The molecular formula is C17H11ClN2O2S. The van der Waals surface area contributed by atoms with Gasteiger partial charge in [0, 0.05) is 15.1 Å². The third-order valence-corrected chi connectivity index (χ3v) is 4.88. The molecule has 4 rings (SSSR count). The lowest BCUT2D eigenvalue weighted by Crippen LogP contribution is -2.12. The minimum absolute atomic E-state index is 0.133. The van der Waals surface area contributed by atoms with Crippen LogP contribution in [0, 0.1) is 0 Å². The highest BCUT2D eigenvalue weighted by Crippen LogP contribution is 2.29. The number of halogens is 1. The molecule has 0 fully saturated rings. The van der Waals surface area contributed by atoms with Gasteiger partial charge in [0.25, 0.3) is 5.56 Å². The summed E-state index contributed by atoms with van der Waals surface area (Å²) in [5.41, 5.74) is 0.593. The molecular weight excluding hydrogens is 332 g/mol. The molecule has 0 aliphatic carbocycles. The van der Waals surface area contributed by atoms with E-state index < -0.39 is 0 Å². The smallest absolute Gasteiger partial charge is 0.269 e. The molecule has 114 valence electrons. The quantitative estimate of drug-likeness (QED) is 0.601. The summed E-state index contributed by atoms with van der Waals surface area (Å²) >= 11 is 7.30. The Morgan fingerprint density at radius 2 is 1.91 bits per heavy atom. The minimum atomic E-state index is -0.133.